The van der Waals surface area contributed by atoms with Crippen LogP contribution in [-0.4, -0.2) is 26.8 Å². The molecule has 0 bridgehead atoms. The number of halogens is 1. The summed E-state index contributed by atoms with van der Waals surface area (Å²) in [6.07, 6.45) is 7.50. The zero-order valence-corrected chi connectivity index (χ0v) is 17.4. The molecule has 0 aliphatic rings. The molecular formula is C23H30FN5. The lowest BCUT2D eigenvalue weighted by molar-refractivity contribution is 0.350. The standard InChI is InChI=1S/C23H30FN5/c1-4-23(25,5-2)12-10-16(3)28-21-14-18(11-13-26-21)20-15-27-29-22(20)17-6-8-19(24)9-7-17/h6-9,11,13-16H,4-5,10,12,25H2,1-3H3,(H,26,28)(H,27,29). The van der Waals surface area contributed by atoms with Gasteiger partial charge in [-0.15, -0.1) is 0 Å². The smallest absolute Gasteiger partial charge is 0.126 e. The quantitative estimate of drug-likeness (QED) is 0.455. The third-order valence-electron chi connectivity index (χ3n) is 5.72. The van der Waals surface area contributed by atoms with Gasteiger partial charge in [0.25, 0.3) is 0 Å². The summed E-state index contributed by atoms with van der Waals surface area (Å²) in [6, 6.07) is 10.6. The second kappa shape index (κ2) is 9.18. The third kappa shape index (κ3) is 5.21. The number of pyridine rings is 1. The van der Waals surface area contributed by atoms with E-state index in [4.69, 9.17) is 5.73 Å². The number of nitrogens with two attached hydrogens (primary N) is 1. The molecule has 1 atom stereocenters. The Balaban J connectivity index is 1.74. The van der Waals surface area contributed by atoms with E-state index in [1.165, 1.54) is 12.1 Å². The van der Waals surface area contributed by atoms with Gasteiger partial charge in [-0.2, -0.15) is 5.10 Å². The Morgan fingerprint density at radius 2 is 1.86 bits per heavy atom. The fourth-order valence-electron chi connectivity index (χ4n) is 3.45. The molecule has 3 aromatic rings. The number of hydrogen-bond donors (Lipinski definition) is 3. The van der Waals surface area contributed by atoms with Crippen LogP contribution >= 0.6 is 0 Å². The Morgan fingerprint density at radius 3 is 2.55 bits per heavy atom. The number of nitrogens with one attached hydrogen (secondary N) is 2. The first-order valence-electron chi connectivity index (χ1n) is 10.2. The van der Waals surface area contributed by atoms with Crippen molar-refractivity contribution in [2.75, 3.05) is 5.32 Å². The molecule has 0 radical (unpaired) electrons. The van der Waals surface area contributed by atoms with Crippen molar-refractivity contribution in [2.45, 2.75) is 58.0 Å². The molecule has 2 heterocycles. The molecule has 0 saturated heterocycles. The summed E-state index contributed by atoms with van der Waals surface area (Å²) in [7, 11) is 0. The molecule has 3 rings (SSSR count). The molecular weight excluding hydrogens is 365 g/mol. The number of H-pyrrole nitrogens is 1. The number of aromatic nitrogens is 3. The number of aromatic amines is 1. The molecule has 0 fully saturated rings. The minimum Gasteiger partial charge on any atom is -0.368 e. The van der Waals surface area contributed by atoms with Gasteiger partial charge in [-0.05, 0) is 74.6 Å². The maximum Gasteiger partial charge on any atom is 0.126 e. The number of hydrogen-bond acceptors (Lipinski definition) is 4. The molecule has 1 aromatic carbocycles. The second-order valence-electron chi connectivity index (χ2n) is 7.75. The van der Waals surface area contributed by atoms with Gasteiger partial charge >= 0.3 is 0 Å². The van der Waals surface area contributed by atoms with Crippen molar-refractivity contribution in [1.82, 2.24) is 15.2 Å². The predicted molar refractivity (Wildman–Crippen MR) is 117 cm³/mol. The van der Waals surface area contributed by atoms with E-state index in [2.05, 4.69) is 41.3 Å². The van der Waals surface area contributed by atoms with Crippen molar-refractivity contribution in [3.8, 4) is 22.4 Å². The zero-order valence-electron chi connectivity index (χ0n) is 17.4. The van der Waals surface area contributed by atoms with E-state index < -0.39 is 0 Å². The van der Waals surface area contributed by atoms with Crippen LogP contribution in [0.15, 0.2) is 48.8 Å². The molecule has 0 spiro atoms. The lowest BCUT2D eigenvalue weighted by Gasteiger charge is -2.28. The van der Waals surface area contributed by atoms with Gasteiger partial charge in [-0.1, -0.05) is 13.8 Å². The molecule has 0 saturated carbocycles. The Labute approximate surface area is 172 Å². The molecule has 5 nitrogen and oxygen atoms in total. The Morgan fingerprint density at radius 1 is 1.14 bits per heavy atom. The van der Waals surface area contributed by atoms with E-state index in [1.54, 1.807) is 24.5 Å². The number of nitrogens with zero attached hydrogens (tertiary/aromatic N) is 2. The van der Waals surface area contributed by atoms with Crippen LogP contribution < -0.4 is 11.1 Å². The van der Waals surface area contributed by atoms with Crippen molar-refractivity contribution >= 4 is 5.82 Å². The molecule has 6 heteroatoms. The summed E-state index contributed by atoms with van der Waals surface area (Å²) in [5.74, 6) is 0.559. The molecule has 4 N–H and O–H groups in total. The van der Waals surface area contributed by atoms with Crippen LogP contribution in [0.2, 0.25) is 0 Å². The number of anilines is 1. The van der Waals surface area contributed by atoms with Gasteiger partial charge in [0.1, 0.15) is 11.6 Å². The van der Waals surface area contributed by atoms with Gasteiger partial charge in [0.2, 0.25) is 0 Å². The Bertz CT molecular complexity index is 915. The van der Waals surface area contributed by atoms with Crippen LogP contribution in [0.25, 0.3) is 22.4 Å². The lowest BCUT2D eigenvalue weighted by atomic mass is 9.87. The molecule has 0 aliphatic carbocycles. The first-order valence-corrected chi connectivity index (χ1v) is 10.2. The van der Waals surface area contributed by atoms with Gasteiger partial charge in [-0.25, -0.2) is 9.37 Å². The van der Waals surface area contributed by atoms with Gasteiger partial charge in [-0.3, -0.25) is 5.10 Å². The number of rotatable bonds is 9. The van der Waals surface area contributed by atoms with E-state index >= 15 is 0 Å². The van der Waals surface area contributed by atoms with E-state index in [-0.39, 0.29) is 17.4 Å². The maximum absolute atomic E-state index is 13.3. The van der Waals surface area contributed by atoms with Crippen molar-refractivity contribution in [1.29, 1.82) is 0 Å². The lowest BCUT2D eigenvalue weighted by Crippen LogP contribution is -2.39. The van der Waals surface area contributed by atoms with Crippen molar-refractivity contribution in [2.24, 2.45) is 5.73 Å². The van der Waals surface area contributed by atoms with Gasteiger partial charge < -0.3 is 11.1 Å². The van der Waals surface area contributed by atoms with Gasteiger partial charge in [0, 0.05) is 28.9 Å². The van der Waals surface area contributed by atoms with Crippen LogP contribution in [0.1, 0.15) is 46.5 Å². The van der Waals surface area contributed by atoms with E-state index in [1.807, 2.05) is 12.1 Å². The first-order chi connectivity index (χ1) is 13.9. The van der Waals surface area contributed by atoms with Crippen LogP contribution in [0.5, 0.6) is 0 Å². The topological polar surface area (TPSA) is 79.6 Å². The SMILES string of the molecule is CCC(N)(CC)CCC(C)Nc1cc(-c2cn[nH]c2-c2ccc(F)cc2)ccn1. The largest absolute Gasteiger partial charge is 0.368 e. The summed E-state index contributed by atoms with van der Waals surface area (Å²) in [6.45, 7) is 6.45. The van der Waals surface area contributed by atoms with Gasteiger partial charge in [0.15, 0.2) is 0 Å². The highest BCUT2D eigenvalue weighted by molar-refractivity contribution is 5.81. The van der Waals surface area contributed by atoms with Crippen LogP contribution in [0, 0.1) is 5.82 Å². The van der Waals surface area contributed by atoms with Gasteiger partial charge in [0.05, 0.1) is 11.9 Å². The number of benzene rings is 1. The Kier molecular flexibility index (Phi) is 6.64. The van der Waals surface area contributed by atoms with Crippen LogP contribution in [-0.2, 0) is 0 Å². The average Bonchev–Trinajstić information content (AvgIpc) is 3.23. The Hall–Kier alpha value is -2.73. The monoisotopic (exact) mass is 395 g/mol. The van der Waals surface area contributed by atoms with E-state index in [0.29, 0.717) is 0 Å². The molecule has 0 amide bonds. The minimum atomic E-state index is -0.258. The summed E-state index contributed by atoms with van der Waals surface area (Å²) in [5.41, 5.74) is 10.0. The maximum atomic E-state index is 13.3. The molecule has 1 unspecified atom stereocenters. The normalized spacial score (nSPS) is 12.7. The highest BCUT2D eigenvalue weighted by atomic mass is 19.1. The zero-order chi connectivity index (χ0) is 20.9. The van der Waals surface area contributed by atoms with E-state index in [9.17, 15) is 4.39 Å². The summed E-state index contributed by atoms with van der Waals surface area (Å²) < 4.78 is 13.3. The first kappa shape index (κ1) is 21.0. The third-order valence-corrected chi connectivity index (χ3v) is 5.72. The van der Waals surface area contributed by atoms with E-state index in [0.717, 1.165) is 53.9 Å². The molecule has 2 aromatic heterocycles. The second-order valence-corrected chi connectivity index (χ2v) is 7.75. The minimum absolute atomic E-state index is 0.0912. The van der Waals surface area contributed by atoms with Crippen molar-refractivity contribution in [3.63, 3.8) is 0 Å². The predicted octanol–water partition coefficient (Wildman–Crippen LogP) is 5.38. The highest BCUT2D eigenvalue weighted by Gasteiger charge is 2.21. The fourth-order valence-corrected chi connectivity index (χ4v) is 3.45. The van der Waals surface area contributed by atoms with Crippen molar-refractivity contribution in [3.05, 3.63) is 54.6 Å². The average molecular weight is 396 g/mol. The molecule has 154 valence electrons. The molecule has 29 heavy (non-hydrogen) atoms. The van der Waals surface area contributed by atoms with Crippen molar-refractivity contribution < 1.29 is 4.39 Å². The van der Waals surface area contributed by atoms with Crippen LogP contribution in [0.3, 0.4) is 0 Å². The summed E-state index contributed by atoms with van der Waals surface area (Å²) >= 11 is 0. The summed E-state index contributed by atoms with van der Waals surface area (Å²) in [5, 5.41) is 10.7. The van der Waals surface area contributed by atoms with Crippen LogP contribution in [0.4, 0.5) is 10.2 Å². The summed E-state index contributed by atoms with van der Waals surface area (Å²) in [4.78, 5) is 4.47. The fraction of sp³-hybridized carbons (Fsp3) is 0.391. The molecule has 0 aliphatic heterocycles. The highest BCUT2D eigenvalue weighted by Crippen LogP contribution is 2.31.